The Hall–Kier alpha value is -2.36. The molecule has 0 radical (unpaired) electrons. The standard InChI is InChI=1S/C22H21FN2.ClH/c1-2-25-21-6-4-3-5-19(21)20-13-17(9-12-22(20)25)15-24-14-16-7-10-18(23)11-8-16;/h3-13,24H,2,14-15H2,1H3;1H. The van der Waals surface area contributed by atoms with Gasteiger partial charge >= 0.3 is 0 Å². The highest BCUT2D eigenvalue weighted by molar-refractivity contribution is 6.08. The highest BCUT2D eigenvalue weighted by Gasteiger charge is 2.09. The van der Waals surface area contributed by atoms with Gasteiger partial charge in [-0.3, -0.25) is 0 Å². The van der Waals surface area contributed by atoms with E-state index in [1.807, 2.05) is 12.1 Å². The van der Waals surface area contributed by atoms with Gasteiger partial charge in [-0.1, -0.05) is 36.4 Å². The third-order valence-corrected chi connectivity index (χ3v) is 4.72. The number of halogens is 2. The van der Waals surface area contributed by atoms with Gasteiger partial charge in [-0.05, 0) is 48.4 Å². The summed E-state index contributed by atoms with van der Waals surface area (Å²) in [5, 5.41) is 6.05. The topological polar surface area (TPSA) is 17.0 Å². The van der Waals surface area contributed by atoms with Crippen LogP contribution in [0.25, 0.3) is 21.8 Å². The molecule has 0 aliphatic carbocycles. The van der Waals surface area contributed by atoms with Gasteiger partial charge in [-0.25, -0.2) is 4.39 Å². The number of aryl methyl sites for hydroxylation is 1. The predicted molar refractivity (Wildman–Crippen MR) is 109 cm³/mol. The maximum Gasteiger partial charge on any atom is 0.123 e. The summed E-state index contributed by atoms with van der Waals surface area (Å²) in [6.45, 7) is 4.67. The van der Waals surface area contributed by atoms with Crippen LogP contribution in [0.5, 0.6) is 0 Å². The summed E-state index contributed by atoms with van der Waals surface area (Å²) >= 11 is 0. The van der Waals surface area contributed by atoms with Crippen molar-refractivity contribution in [1.29, 1.82) is 0 Å². The second-order valence-corrected chi connectivity index (χ2v) is 6.34. The molecule has 0 aliphatic rings. The van der Waals surface area contributed by atoms with Crippen molar-refractivity contribution in [2.24, 2.45) is 0 Å². The molecular weight excluding hydrogens is 347 g/mol. The minimum absolute atomic E-state index is 0. The van der Waals surface area contributed by atoms with Crippen molar-refractivity contribution in [2.75, 3.05) is 0 Å². The molecular formula is C22H22ClFN2. The van der Waals surface area contributed by atoms with Crippen molar-refractivity contribution >= 4 is 34.2 Å². The van der Waals surface area contributed by atoms with E-state index in [1.165, 1.54) is 39.5 Å². The van der Waals surface area contributed by atoms with E-state index >= 15 is 0 Å². The highest BCUT2D eigenvalue weighted by atomic mass is 35.5. The number of nitrogens with one attached hydrogen (secondary N) is 1. The zero-order valence-corrected chi connectivity index (χ0v) is 15.5. The van der Waals surface area contributed by atoms with Crippen molar-refractivity contribution in [3.8, 4) is 0 Å². The average Bonchev–Trinajstić information content (AvgIpc) is 2.96. The average molecular weight is 369 g/mol. The summed E-state index contributed by atoms with van der Waals surface area (Å²) in [4.78, 5) is 0. The summed E-state index contributed by atoms with van der Waals surface area (Å²) in [6.07, 6.45) is 0. The molecule has 4 aromatic rings. The van der Waals surface area contributed by atoms with Crippen LogP contribution in [0.3, 0.4) is 0 Å². The molecule has 3 aromatic carbocycles. The molecule has 0 unspecified atom stereocenters. The van der Waals surface area contributed by atoms with Gasteiger partial charge in [0.2, 0.25) is 0 Å². The van der Waals surface area contributed by atoms with Gasteiger partial charge in [0.15, 0.2) is 0 Å². The Morgan fingerprint density at radius 1 is 0.808 bits per heavy atom. The fraction of sp³-hybridized carbons (Fsp3) is 0.182. The third-order valence-electron chi connectivity index (χ3n) is 4.72. The molecule has 0 saturated heterocycles. The van der Waals surface area contributed by atoms with E-state index in [0.717, 1.165) is 25.2 Å². The number of hydrogen-bond acceptors (Lipinski definition) is 1. The third kappa shape index (κ3) is 3.46. The molecule has 4 rings (SSSR count). The molecule has 134 valence electrons. The van der Waals surface area contributed by atoms with E-state index in [-0.39, 0.29) is 18.2 Å². The molecule has 0 amide bonds. The fourth-order valence-electron chi connectivity index (χ4n) is 3.50. The van der Waals surface area contributed by atoms with Crippen LogP contribution in [0.1, 0.15) is 18.1 Å². The van der Waals surface area contributed by atoms with Gasteiger partial charge in [0.05, 0.1) is 0 Å². The highest BCUT2D eigenvalue weighted by Crippen LogP contribution is 2.29. The van der Waals surface area contributed by atoms with Crippen LogP contribution in [-0.2, 0) is 19.6 Å². The van der Waals surface area contributed by atoms with Crippen molar-refractivity contribution in [1.82, 2.24) is 9.88 Å². The lowest BCUT2D eigenvalue weighted by Crippen LogP contribution is -2.12. The molecule has 0 bridgehead atoms. The lowest BCUT2D eigenvalue weighted by molar-refractivity contribution is 0.625. The number of fused-ring (bicyclic) bond motifs is 3. The van der Waals surface area contributed by atoms with Crippen LogP contribution in [-0.4, -0.2) is 4.57 Å². The van der Waals surface area contributed by atoms with Crippen molar-refractivity contribution in [3.63, 3.8) is 0 Å². The molecule has 4 heteroatoms. The SMILES string of the molecule is CCn1c2ccccc2c2cc(CNCc3ccc(F)cc3)ccc21.Cl. The number of aromatic nitrogens is 1. The van der Waals surface area contributed by atoms with Gasteiger partial charge in [0.25, 0.3) is 0 Å². The van der Waals surface area contributed by atoms with Crippen LogP contribution in [0, 0.1) is 5.82 Å². The summed E-state index contributed by atoms with van der Waals surface area (Å²) in [6, 6.07) is 21.9. The van der Waals surface area contributed by atoms with E-state index in [2.05, 4.69) is 59.3 Å². The number of hydrogen-bond donors (Lipinski definition) is 1. The van der Waals surface area contributed by atoms with Crippen molar-refractivity contribution in [2.45, 2.75) is 26.6 Å². The zero-order chi connectivity index (χ0) is 17.2. The second kappa shape index (κ2) is 7.90. The van der Waals surface area contributed by atoms with Crippen molar-refractivity contribution < 1.29 is 4.39 Å². The zero-order valence-electron chi connectivity index (χ0n) is 14.7. The summed E-state index contributed by atoms with van der Waals surface area (Å²) < 4.78 is 15.3. The van der Waals surface area contributed by atoms with Crippen molar-refractivity contribution in [3.05, 3.63) is 83.7 Å². The van der Waals surface area contributed by atoms with Gasteiger partial charge < -0.3 is 9.88 Å². The Labute approximate surface area is 159 Å². The molecule has 0 aliphatic heterocycles. The minimum atomic E-state index is -0.193. The maximum atomic E-state index is 13.0. The molecule has 26 heavy (non-hydrogen) atoms. The van der Waals surface area contributed by atoms with Crippen LogP contribution >= 0.6 is 12.4 Å². The first-order valence-corrected chi connectivity index (χ1v) is 8.71. The molecule has 0 atom stereocenters. The molecule has 2 nitrogen and oxygen atoms in total. The molecule has 0 fully saturated rings. The van der Waals surface area contributed by atoms with Crippen LogP contribution in [0.15, 0.2) is 66.7 Å². The Morgan fingerprint density at radius 2 is 1.46 bits per heavy atom. The largest absolute Gasteiger partial charge is 0.341 e. The lowest BCUT2D eigenvalue weighted by atomic mass is 10.1. The fourth-order valence-corrected chi connectivity index (χ4v) is 3.50. The molecule has 1 aromatic heterocycles. The van der Waals surface area contributed by atoms with Gasteiger partial charge in [-0.15, -0.1) is 12.4 Å². The van der Waals surface area contributed by atoms with E-state index in [1.54, 1.807) is 0 Å². The first-order chi connectivity index (χ1) is 12.3. The number of para-hydroxylation sites is 1. The van der Waals surface area contributed by atoms with Crippen LogP contribution in [0.4, 0.5) is 4.39 Å². The smallest absolute Gasteiger partial charge is 0.123 e. The summed E-state index contributed by atoms with van der Waals surface area (Å²) in [5.41, 5.74) is 4.92. The Bertz CT molecular complexity index is 1020. The monoisotopic (exact) mass is 368 g/mol. The summed E-state index contributed by atoms with van der Waals surface area (Å²) in [7, 11) is 0. The Balaban J connectivity index is 0.00000196. The Morgan fingerprint density at radius 3 is 2.23 bits per heavy atom. The molecule has 1 N–H and O–H groups in total. The van der Waals surface area contributed by atoms with E-state index < -0.39 is 0 Å². The number of nitrogens with zero attached hydrogens (tertiary/aromatic N) is 1. The van der Waals surface area contributed by atoms with Gasteiger partial charge in [0, 0.05) is 41.4 Å². The normalized spacial score (nSPS) is 11.0. The van der Waals surface area contributed by atoms with E-state index in [0.29, 0.717) is 0 Å². The number of rotatable bonds is 5. The first kappa shape index (κ1) is 18.4. The molecule has 0 spiro atoms. The van der Waals surface area contributed by atoms with E-state index in [9.17, 15) is 4.39 Å². The number of benzene rings is 3. The summed E-state index contributed by atoms with van der Waals surface area (Å²) in [5.74, 6) is -0.193. The Kier molecular flexibility index (Phi) is 5.60. The van der Waals surface area contributed by atoms with Crippen LogP contribution in [0.2, 0.25) is 0 Å². The van der Waals surface area contributed by atoms with Gasteiger partial charge in [0.1, 0.15) is 5.82 Å². The maximum absolute atomic E-state index is 13.0. The molecule has 0 saturated carbocycles. The second-order valence-electron chi connectivity index (χ2n) is 6.34. The van der Waals surface area contributed by atoms with E-state index in [4.69, 9.17) is 0 Å². The first-order valence-electron chi connectivity index (χ1n) is 8.71. The lowest BCUT2D eigenvalue weighted by Gasteiger charge is -2.07. The predicted octanol–water partition coefficient (Wildman–Crippen LogP) is 5.67. The van der Waals surface area contributed by atoms with Crippen LogP contribution < -0.4 is 5.32 Å². The molecule has 1 heterocycles. The minimum Gasteiger partial charge on any atom is -0.341 e. The van der Waals surface area contributed by atoms with Gasteiger partial charge in [-0.2, -0.15) is 0 Å². The quantitative estimate of drug-likeness (QED) is 0.480.